The van der Waals surface area contributed by atoms with Gasteiger partial charge < -0.3 is 18.8 Å². The number of hydrogen-bond donors (Lipinski definition) is 0. The Balaban J connectivity index is 1.27. The number of carbonyl (C=O) groups excluding carboxylic acids is 1. The van der Waals surface area contributed by atoms with Gasteiger partial charge >= 0.3 is 0 Å². The minimum Gasteiger partial charge on any atom is -0.486 e. The van der Waals surface area contributed by atoms with E-state index < -0.39 is 0 Å². The zero-order valence-electron chi connectivity index (χ0n) is 17.4. The van der Waals surface area contributed by atoms with Crippen molar-refractivity contribution in [2.45, 2.75) is 11.1 Å². The van der Waals surface area contributed by atoms with Gasteiger partial charge in [0.2, 0.25) is 5.91 Å². The van der Waals surface area contributed by atoms with E-state index in [0.717, 1.165) is 21.7 Å². The van der Waals surface area contributed by atoms with Gasteiger partial charge in [0.25, 0.3) is 0 Å². The minimum atomic E-state index is -0.214. The maximum absolute atomic E-state index is 12.8. The molecule has 1 aliphatic heterocycles. The topological polar surface area (TPSA) is 77.7 Å². The van der Waals surface area contributed by atoms with Crippen LogP contribution in [0.15, 0.2) is 76.4 Å². The number of amides is 1. The maximum atomic E-state index is 12.8. The molecule has 32 heavy (non-hydrogen) atoms. The molecule has 0 saturated heterocycles. The summed E-state index contributed by atoms with van der Waals surface area (Å²) in [5.74, 6) is 2.77. The Kier molecular flexibility index (Phi) is 5.68. The molecule has 2 aromatic carbocycles. The summed E-state index contributed by atoms with van der Waals surface area (Å²) < 4.78 is 17.2. The van der Waals surface area contributed by atoms with Crippen molar-refractivity contribution in [3.05, 3.63) is 66.9 Å². The van der Waals surface area contributed by atoms with Crippen molar-refractivity contribution in [3.63, 3.8) is 0 Å². The lowest BCUT2D eigenvalue weighted by Crippen LogP contribution is -2.42. The average Bonchev–Trinajstić information content (AvgIpc) is 3.37. The summed E-state index contributed by atoms with van der Waals surface area (Å²) in [6, 6.07) is 18.9. The van der Waals surface area contributed by atoms with E-state index in [4.69, 9.17) is 13.9 Å². The number of hydrogen-bond acceptors (Lipinski definition) is 7. The molecule has 7 nitrogen and oxygen atoms in total. The number of fused-ring (bicyclic) bond motifs is 2. The molecule has 2 aromatic heterocycles. The second-order valence-electron chi connectivity index (χ2n) is 7.41. The lowest BCUT2D eigenvalue weighted by atomic mass is 10.2. The predicted molar refractivity (Wildman–Crippen MR) is 122 cm³/mol. The van der Waals surface area contributed by atoms with Crippen LogP contribution in [0.5, 0.6) is 11.5 Å². The zero-order valence-corrected chi connectivity index (χ0v) is 18.2. The van der Waals surface area contributed by atoms with Crippen molar-refractivity contribution in [1.29, 1.82) is 0 Å². The Labute approximate surface area is 189 Å². The fourth-order valence-electron chi connectivity index (χ4n) is 3.47. The second kappa shape index (κ2) is 8.92. The molecule has 5 rings (SSSR count). The highest BCUT2D eigenvalue weighted by atomic mass is 32.2. The quantitative estimate of drug-likeness (QED) is 0.322. The standard InChI is InChI=1S/C24H21N3O4S/c1-27(13-16-14-30-19-9-4-5-10-20(19)31-16)22(28)15-32-24-17-7-2-3-8-18(17)25-23(26-24)21-11-6-12-29-21/h2-12,16H,13-15H2,1H3. The van der Waals surface area contributed by atoms with E-state index in [1.807, 2.05) is 54.6 Å². The largest absolute Gasteiger partial charge is 0.486 e. The van der Waals surface area contributed by atoms with Crippen LogP contribution in [0.3, 0.4) is 0 Å². The van der Waals surface area contributed by atoms with Crippen LogP contribution in [0.25, 0.3) is 22.5 Å². The van der Waals surface area contributed by atoms with Gasteiger partial charge in [-0.1, -0.05) is 42.1 Å². The summed E-state index contributed by atoms with van der Waals surface area (Å²) in [5.41, 5.74) is 0.809. The molecule has 8 heteroatoms. The summed E-state index contributed by atoms with van der Waals surface area (Å²) in [7, 11) is 1.78. The third-order valence-corrected chi connectivity index (χ3v) is 6.09. The Morgan fingerprint density at radius 3 is 2.72 bits per heavy atom. The van der Waals surface area contributed by atoms with E-state index in [1.165, 1.54) is 11.8 Å². The molecular weight excluding hydrogens is 426 g/mol. The van der Waals surface area contributed by atoms with Crippen molar-refractivity contribution in [3.8, 4) is 23.1 Å². The molecule has 0 fully saturated rings. The van der Waals surface area contributed by atoms with Crippen molar-refractivity contribution < 1.29 is 18.7 Å². The van der Waals surface area contributed by atoms with Gasteiger partial charge in [-0.3, -0.25) is 4.79 Å². The smallest absolute Gasteiger partial charge is 0.232 e. The molecule has 3 heterocycles. The van der Waals surface area contributed by atoms with E-state index >= 15 is 0 Å². The van der Waals surface area contributed by atoms with Crippen LogP contribution in [0, 0.1) is 0 Å². The Morgan fingerprint density at radius 1 is 1.06 bits per heavy atom. The van der Waals surface area contributed by atoms with E-state index in [-0.39, 0.29) is 17.8 Å². The van der Waals surface area contributed by atoms with Gasteiger partial charge in [-0.2, -0.15) is 0 Å². The van der Waals surface area contributed by atoms with Gasteiger partial charge in [-0.05, 0) is 30.3 Å². The number of benzene rings is 2. The van der Waals surface area contributed by atoms with Crippen LogP contribution < -0.4 is 9.47 Å². The normalized spacial score (nSPS) is 15.0. The van der Waals surface area contributed by atoms with Crippen LogP contribution >= 0.6 is 11.8 Å². The monoisotopic (exact) mass is 447 g/mol. The zero-order chi connectivity index (χ0) is 21.9. The van der Waals surface area contributed by atoms with E-state index in [1.54, 1.807) is 24.3 Å². The van der Waals surface area contributed by atoms with Crippen molar-refractivity contribution in [2.75, 3.05) is 26.0 Å². The first-order chi connectivity index (χ1) is 15.7. The summed E-state index contributed by atoms with van der Waals surface area (Å²) in [4.78, 5) is 23.8. The molecule has 162 valence electrons. The highest BCUT2D eigenvalue weighted by Gasteiger charge is 2.24. The van der Waals surface area contributed by atoms with Crippen LogP contribution in [0.1, 0.15) is 0 Å². The molecule has 4 aromatic rings. The first-order valence-corrected chi connectivity index (χ1v) is 11.2. The number of aromatic nitrogens is 2. The number of rotatable bonds is 6. The van der Waals surface area contributed by atoms with Gasteiger partial charge in [0.05, 0.1) is 24.1 Å². The second-order valence-corrected chi connectivity index (χ2v) is 8.37. The Bertz CT molecular complexity index is 1250. The molecule has 1 atom stereocenters. The number of thioether (sulfide) groups is 1. The SMILES string of the molecule is CN(CC1COc2ccccc2O1)C(=O)CSc1nc(-c2ccco2)nc2ccccc12. The minimum absolute atomic E-state index is 0.0142. The highest BCUT2D eigenvalue weighted by molar-refractivity contribution is 8.00. The number of furan rings is 1. The van der Waals surface area contributed by atoms with Crippen LogP contribution in [-0.2, 0) is 4.79 Å². The van der Waals surface area contributed by atoms with Crippen molar-refractivity contribution in [2.24, 2.45) is 0 Å². The molecule has 0 radical (unpaired) electrons. The van der Waals surface area contributed by atoms with E-state index in [9.17, 15) is 4.79 Å². The summed E-state index contributed by atoms with van der Waals surface area (Å²) >= 11 is 1.39. The predicted octanol–water partition coefficient (Wildman–Crippen LogP) is 4.28. The molecule has 0 bridgehead atoms. The van der Waals surface area contributed by atoms with Gasteiger partial charge in [0, 0.05) is 12.4 Å². The molecule has 0 N–H and O–H groups in total. The molecule has 0 aliphatic carbocycles. The lowest BCUT2D eigenvalue weighted by Gasteiger charge is -2.29. The molecule has 1 amide bonds. The first kappa shape index (κ1) is 20.4. The van der Waals surface area contributed by atoms with Crippen LogP contribution in [0.2, 0.25) is 0 Å². The maximum Gasteiger partial charge on any atom is 0.232 e. The van der Waals surface area contributed by atoms with Crippen molar-refractivity contribution in [1.82, 2.24) is 14.9 Å². The molecule has 1 unspecified atom stereocenters. The fraction of sp³-hybridized carbons (Fsp3) is 0.208. The van der Waals surface area contributed by atoms with E-state index in [0.29, 0.717) is 30.5 Å². The highest BCUT2D eigenvalue weighted by Crippen LogP contribution is 2.31. The number of para-hydroxylation sites is 3. The molecule has 0 saturated carbocycles. The van der Waals surface area contributed by atoms with Gasteiger partial charge in [-0.25, -0.2) is 9.97 Å². The van der Waals surface area contributed by atoms with Gasteiger partial charge in [-0.15, -0.1) is 0 Å². The molecule has 0 spiro atoms. The van der Waals surface area contributed by atoms with Gasteiger partial charge in [0.15, 0.2) is 29.2 Å². The number of carbonyl (C=O) groups is 1. The van der Waals surface area contributed by atoms with Crippen LogP contribution in [-0.4, -0.2) is 52.8 Å². The van der Waals surface area contributed by atoms with E-state index in [2.05, 4.69) is 9.97 Å². The average molecular weight is 448 g/mol. The Hall–Kier alpha value is -3.52. The molecule has 1 aliphatic rings. The first-order valence-electron chi connectivity index (χ1n) is 10.2. The fourth-order valence-corrected chi connectivity index (χ4v) is 4.43. The van der Waals surface area contributed by atoms with Gasteiger partial charge in [0.1, 0.15) is 11.6 Å². The number of nitrogens with zero attached hydrogens (tertiary/aromatic N) is 3. The summed E-state index contributed by atoms with van der Waals surface area (Å²) in [6.45, 7) is 0.848. The third kappa shape index (κ3) is 4.27. The molecular formula is C24H21N3O4S. The third-order valence-electron chi connectivity index (χ3n) is 5.11. The van der Waals surface area contributed by atoms with Crippen molar-refractivity contribution >= 4 is 28.6 Å². The van der Waals surface area contributed by atoms with Crippen LogP contribution in [0.4, 0.5) is 0 Å². The Morgan fingerprint density at radius 2 is 1.88 bits per heavy atom. The summed E-state index contributed by atoms with van der Waals surface area (Å²) in [5, 5.41) is 1.65. The number of likely N-dealkylation sites (N-methyl/N-ethyl adjacent to an activating group) is 1. The lowest BCUT2D eigenvalue weighted by molar-refractivity contribution is -0.128. The number of ether oxygens (including phenoxy) is 2. The summed E-state index contributed by atoms with van der Waals surface area (Å²) in [6.07, 6.45) is 1.38.